The van der Waals surface area contributed by atoms with Crippen LogP contribution in [0.3, 0.4) is 0 Å². The molecule has 1 atom stereocenters. The molecular formula is C10H18N2O. The number of furan rings is 1. The first-order valence-corrected chi connectivity index (χ1v) is 4.73. The number of nitrogens with two attached hydrogens (primary N) is 1. The predicted octanol–water partition coefficient (Wildman–Crippen LogP) is 1.62. The van der Waals surface area contributed by atoms with Crippen LogP contribution in [-0.4, -0.2) is 25.0 Å². The van der Waals surface area contributed by atoms with E-state index in [9.17, 15) is 0 Å². The molecule has 3 nitrogen and oxygen atoms in total. The Morgan fingerprint density at radius 1 is 1.62 bits per heavy atom. The van der Waals surface area contributed by atoms with Crippen molar-refractivity contribution >= 4 is 0 Å². The number of likely N-dealkylation sites (N-methyl/N-ethyl adjacent to an activating group) is 1. The normalized spacial score (nSPS) is 13.5. The van der Waals surface area contributed by atoms with Gasteiger partial charge in [-0.05, 0) is 25.6 Å². The maximum absolute atomic E-state index is 5.50. The van der Waals surface area contributed by atoms with E-state index in [4.69, 9.17) is 10.2 Å². The van der Waals surface area contributed by atoms with E-state index in [1.807, 2.05) is 12.1 Å². The average Bonchev–Trinajstić information content (AvgIpc) is 2.59. The Labute approximate surface area is 79.5 Å². The third kappa shape index (κ3) is 2.57. The lowest BCUT2D eigenvalue weighted by atomic mass is 10.1. The van der Waals surface area contributed by atoms with Crippen molar-refractivity contribution in [2.75, 3.05) is 20.1 Å². The molecule has 1 aromatic heterocycles. The van der Waals surface area contributed by atoms with E-state index < -0.39 is 0 Å². The summed E-state index contributed by atoms with van der Waals surface area (Å²) in [6, 6.07) is 4.30. The molecule has 0 saturated carbocycles. The van der Waals surface area contributed by atoms with E-state index in [-0.39, 0.29) is 0 Å². The molecule has 0 aliphatic carbocycles. The van der Waals surface area contributed by atoms with Gasteiger partial charge in [-0.15, -0.1) is 0 Å². The zero-order valence-electron chi connectivity index (χ0n) is 8.36. The van der Waals surface area contributed by atoms with Gasteiger partial charge in [0.25, 0.3) is 0 Å². The molecule has 3 heteroatoms. The summed E-state index contributed by atoms with van der Waals surface area (Å²) in [5.41, 5.74) is 5.50. The quantitative estimate of drug-likeness (QED) is 0.752. The maximum Gasteiger partial charge on any atom is 0.120 e. The topological polar surface area (TPSA) is 42.4 Å². The summed E-state index contributed by atoms with van der Waals surface area (Å²) in [7, 11) is 2.07. The minimum atomic E-state index is 0.360. The average molecular weight is 182 g/mol. The lowest BCUT2D eigenvalue weighted by Gasteiger charge is -2.24. The number of nitrogens with zero attached hydrogens (tertiary/aromatic N) is 1. The minimum Gasteiger partial charge on any atom is -0.468 e. The third-order valence-corrected chi connectivity index (χ3v) is 2.27. The Bertz CT molecular complexity index is 221. The Morgan fingerprint density at radius 2 is 2.38 bits per heavy atom. The van der Waals surface area contributed by atoms with Crippen LogP contribution < -0.4 is 5.73 Å². The van der Waals surface area contributed by atoms with Crippen molar-refractivity contribution in [3.63, 3.8) is 0 Å². The fourth-order valence-corrected chi connectivity index (χ4v) is 1.57. The van der Waals surface area contributed by atoms with E-state index in [0.717, 1.165) is 18.7 Å². The first-order chi connectivity index (χ1) is 6.29. The largest absolute Gasteiger partial charge is 0.468 e. The summed E-state index contributed by atoms with van der Waals surface area (Å²) >= 11 is 0. The van der Waals surface area contributed by atoms with Crippen molar-refractivity contribution < 1.29 is 4.42 Å². The second kappa shape index (κ2) is 5.04. The van der Waals surface area contributed by atoms with Crippen molar-refractivity contribution in [1.29, 1.82) is 0 Å². The van der Waals surface area contributed by atoms with Gasteiger partial charge >= 0.3 is 0 Å². The number of hydrogen-bond acceptors (Lipinski definition) is 3. The van der Waals surface area contributed by atoms with E-state index in [0.29, 0.717) is 12.6 Å². The molecule has 2 N–H and O–H groups in total. The van der Waals surface area contributed by atoms with Gasteiger partial charge in [0.1, 0.15) is 5.76 Å². The minimum absolute atomic E-state index is 0.360. The highest BCUT2D eigenvalue weighted by molar-refractivity contribution is 5.04. The van der Waals surface area contributed by atoms with Crippen LogP contribution in [0.4, 0.5) is 0 Å². The van der Waals surface area contributed by atoms with Gasteiger partial charge in [0.05, 0.1) is 12.3 Å². The monoisotopic (exact) mass is 182 g/mol. The molecule has 0 aromatic carbocycles. The molecule has 1 aromatic rings. The molecule has 74 valence electrons. The fraction of sp³-hybridized carbons (Fsp3) is 0.600. The second-order valence-corrected chi connectivity index (χ2v) is 3.21. The predicted molar refractivity (Wildman–Crippen MR) is 53.4 cm³/mol. The lowest BCUT2D eigenvalue weighted by Crippen LogP contribution is -2.29. The van der Waals surface area contributed by atoms with Crippen molar-refractivity contribution in [1.82, 2.24) is 4.90 Å². The molecule has 1 rings (SSSR count). The Morgan fingerprint density at radius 3 is 2.85 bits per heavy atom. The molecule has 0 spiro atoms. The van der Waals surface area contributed by atoms with E-state index in [1.165, 1.54) is 0 Å². The molecule has 1 unspecified atom stereocenters. The maximum atomic E-state index is 5.50. The molecule has 0 bridgehead atoms. The molecule has 1 heterocycles. The van der Waals surface area contributed by atoms with Crippen molar-refractivity contribution in [2.45, 2.75) is 19.4 Å². The molecule has 0 radical (unpaired) electrons. The first-order valence-electron chi connectivity index (χ1n) is 4.73. The number of hydrogen-bond donors (Lipinski definition) is 1. The van der Waals surface area contributed by atoms with Gasteiger partial charge in [0, 0.05) is 13.1 Å². The van der Waals surface area contributed by atoms with Crippen LogP contribution in [0.2, 0.25) is 0 Å². The summed E-state index contributed by atoms with van der Waals surface area (Å²) in [6.07, 6.45) is 2.76. The summed E-state index contributed by atoms with van der Waals surface area (Å²) in [4.78, 5) is 2.22. The van der Waals surface area contributed by atoms with Crippen LogP contribution in [0.15, 0.2) is 22.8 Å². The van der Waals surface area contributed by atoms with Crippen LogP contribution in [0.25, 0.3) is 0 Å². The molecular weight excluding hydrogens is 164 g/mol. The second-order valence-electron chi connectivity index (χ2n) is 3.21. The highest BCUT2D eigenvalue weighted by atomic mass is 16.3. The first kappa shape index (κ1) is 10.3. The van der Waals surface area contributed by atoms with Crippen LogP contribution >= 0.6 is 0 Å². The fourth-order valence-electron chi connectivity index (χ4n) is 1.57. The number of rotatable bonds is 5. The lowest BCUT2D eigenvalue weighted by molar-refractivity contribution is 0.215. The summed E-state index contributed by atoms with van der Waals surface area (Å²) in [6.45, 7) is 3.74. The van der Waals surface area contributed by atoms with Crippen molar-refractivity contribution in [3.8, 4) is 0 Å². The van der Waals surface area contributed by atoms with Gasteiger partial charge in [-0.2, -0.15) is 0 Å². The van der Waals surface area contributed by atoms with Gasteiger partial charge in [-0.3, -0.25) is 4.90 Å². The Kier molecular flexibility index (Phi) is 3.99. The third-order valence-electron chi connectivity index (χ3n) is 2.27. The Balaban J connectivity index is 2.62. The van der Waals surface area contributed by atoms with Gasteiger partial charge in [-0.25, -0.2) is 0 Å². The van der Waals surface area contributed by atoms with Gasteiger partial charge in [0.15, 0.2) is 0 Å². The smallest absolute Gasteiger partial charge is 0.120 e. The van der Waals surface area contributed by atoms with Gasteiger partial charge in [0.2, 0.25) is 0 Å². The van der Waals surface area contributed by atoms with Crippen LogP contribution in [-0.2, 0) is 0 Å². The Hall–Kier alpha value is -0.800. The molecule has 0 saturated heterocycles. The van der Waals surface area contributed by atoms with Crippen LogP contribution in [0.1, 0.15) is 25.1 Å². The molecule has 0 fully saturated rings. The van der Waals surface area contributed by atoms with Gasteiger partial charge in [-0.1, -0.05) is 6.92 Å². The standard InChI is InChI=1S/C10H18N2O/c1-3-9(12(2)7-6-11)10-5-4-8-13-10/h4-5,8-9H,3,6-7,11H2,1-2H3. The van der Waals surface area contributed by atoms with E-state index >= 15 is 0 Å². The molecule has 0 aliphatic heterocycles. The molecule has 0 amide bonds. The van der Waals surface area contributed by atoms with Crippen molar-refractivity contribution in [2.24, 2.45) is 5.73 Å². The molecule has 13 heavy (non-hydrogen) atoms. The van der Waals surface area contributed by atoms with Crippen LogP contribution in [0, 0.1) is 0 Å². The SMILES string of the molecule is CCC(c1ccco1)N(C)CCN. The molecule has 0 aliphatic rings. The highest BCUT2D eigenvalue weighted by Crippen LogP contribution is 2.22. The van der Waals surface area contributed by atoms with Crippen molar-refractivity contribution in [3.05, 3.63) is 24.2 Å². The van der Waals surface area contributed by atoms with E-state index in [2.05, 4.69) is 18.9 Å². The summed E-state index contributed by atoms with van der Waals surface area (Å²) in [5, 5.41) is 0. The highest BCUT2D eigenvalue weighted by Gasteiger charge is 2.16. The zero-order valence-corrected chi connectivity index (χ0v) is 8.36. The zero-order chi connectivity index (χ0) is 9.68. The summed E-state index contributed by atoms with van der Waals surface area (Å²) < 4.78 is 5.37. The van der Waals surface area contributed by atoms with Crippen LogP contribution in [0.5, 0.6) is 0 Å². The summed E-state index contributed by atoms with van der Waals surface area (Å²) in [5.74, 6) is 1.03. The van der Waals surface area contributed by atoms with Gasteiger partial charge < -0.3 is 10.2 Å². The van der Waals surface area contributed by atoms with E-state index in [1.54, 1.807) is 6.26 Å².